The number of carboxylic acid groups (broad SMARTS) is 1. The molecule has 100 valence electrons. The van der Waals surface area contributed by atoms with E-state index >= 15 is 0 Å². The van der Waals surface area contributed by atoms with Crippen LogP contribution in [0.25, 0.3) is 0 Å². The molecule has 2 amide bonds. The second-order valence-electron chi connectivity index (χ2n) is 3.89. The highest BCUT2D eigenvalue weighted by Gasteiger charge is 2.18. The third-order valence-corrected chi connectivity index (χ3v) is 2.26. The Morgan fingerprint density at radius 3 is 2.78 bits per heavy atom. The van der Waals surface area contributed by atoms with Crippen molar-refractivity contribution in [3.63, 3.8) is 0 Å². The lowest BCUT2D eigenvalue weighted by Gasteiger charge is -2.13. The van der Waals surface area contributed by atoms with E-state index in [2.05, 4.69) is 20.9 Å². The van der Waals surface area contributed by atoms with Crippen molar-refractivity contribution in [2.24, 2.45) is 7.05 Å². The van der Waals surface area contributed by atoms with Gasteiger partial charge < -0.3 is 15.7 Å². The third kappa shape index (κ3) is 4.40. The summed E-state index contributed by atoms with van der Waals surface area (Å²) in [7, 11) is 1.72. The van der Waals surface area contributed by atoms with Crippen molar-refractivity contribution < 1.29 is 14.7 Å². The summed E-state index contributed by atoms with van der Waals surface area (Å²) in [6.45, 7) is 2.06. The van der Waals surface area contributed by atoms with Crippen LogP contribution in [-0.2, 0) is 18.4 Å². The van der Waals surface area contributed by atoms with E-state index in [0.717, 1.165) is 0 Å². The number of aromatic nitrogens is 3. The van der Waals surface area contributed by atoms with Crippen molar-refractivity contribution in [1.82, 2.24) is 25.6 Å². The first-order valence-corrected chi connectivity index (χ1v) is 5.65. The lowest BCUT2D eigenvalue weighted by molar-refractivity contribution is -0.139. The second-order valence-corrected chi connectivity index (χ2v) is 3.89. The predicted octanol–water partition coefficient (Wildman–Crippen LogP) is -0.132. The minimum absolute atomic E-state index is 0.206. The molecule has 18 heavy (non-hydrogen) atoms. The van der Waals surface area contributed by atoms with Crippen LogP contribution < -0.4 is 10.6 Å². The van der Waals surface area contributed by atoms with Gasteiger partial charge in [-0.3, -0.25) is 4.68 Å². The third-order valence-electron chi connectivity index (χ3n) is 2.26. The van der Waals surface area contributed by atoms with Crippen LogP contribution in [0.1, 0.15) is 25.5 Å². The highest BCUT2D eigenvalue weighted by molar-refractivity contribution is 5.82. The second kappa shape index (κ2) is 6.58. The zero-order chi connectivity index (χ0) is 13.5. The number of carboxylic acids is 1. The molecular weight excluding hydrogens is 238 g/mol. The summed E-state index contributed by atoms with van der Waals surface area (Å²) >= 11 is 0. The lowest BCUT2D eigenvalue weighted by atomic mass is 10.2. The van der Waals surface area contributed by atoms with Gasteiger partial charge in [0.15, 0.2) is 0 Å². The van der Waals surface area contributed by atoms with Crippen LogP contribution in [0.3, 0.4) is 0 Å². The van der Waals surface area contributed by atoms with Gasteiger partial charge in [-0.1, -0.05) is 18.6 Å². The molecule has 0 aliphatic heterocycles. The molecule has 0 fully saturated rings. The van der Waals surface area contributed by atoms with E-state index in [1.54, 1.807) is 13.2 Å². The molecule has 0 aliphatic rings. The van der Waals surface area contributed by atoms with Gasteiger partial charge in [-0.15, -0.1) is 5.10 Å². The molecule has 0 radical (unpaired) electrons. The first kappa shape index (κ1) is 13.9. The normalized spacial score (nSPS) is 11.9. The van der Waals surface area contributed by atoms with Crippen LogP contribution in [0.5, 0.6) is 0 Å². The summed E-state index contributed by atoms with van der Waals surface area (Å²) in [6, 6.07) is -1.39. The van der Waals surface area contributed by atoms with Gasteiger partial charge in [-0.25, -0.2) is 9.59 Å². The number of nitrogens with zero attached hydrogens (tertiary/aromatic N) is 3. The number of rotatable bonds is 6. The van der Waals surface area contributed by atoms with Crippen molar-refractivity contribution in [3.8, 4) is 0 Å². The summed E-state index contributed by atoms with van der Waals surface area (Å²) in [4.78, 5) is 22.3. The number of aliphatic carboxylic acids is 1. The fourth-order valence-electron chi connectivity index (χ4n) is 1.40. The first-order valence-electron chi connectivity index (χ1n) is 5.65. The van der Waals surface area contributed by atoms with Gasteiger partial charge >= 0.3 is 12.0 Å². The molecule has 8 heteroatoms. The average Bonchev–Trinajstić information content (AvgIpc) is 2.72. The number of aryl methyl sites for hydroxylation is 1. The van der Waals surface area contributed by atoms with Crippen LogP contribution >= 0.6 is 0 Å². The van der Waals surface area contributed by atoms with Crippen LogP contribution in [0.2, 0.25) is 0 Å². The van der Waals surface area contributed by atoms with E-state index in [9.17, 15) is 9.59 Å². The zero-order valence-corrected chi connectivity index (χ0v) is 10.4. The summed E-state index contributed by atoms with van der Waals surface area (Å²) in [5.74, 6) is -1.04. The molecule has 1 aromatic rings. The fraction of sp³-hybridized carbons (Fsp3) is 0.600. The van der Waals surface area contributed by atoms with E-state index in [0.29, 0.717) is 18.5 Å². The minimum atomic E-state index is -1.04. The molecule has 8 nitrogen and oxygen atoms in total. The van der Waals surface area contributed by atoms with Gasteiger partial charge in [0.25, 0.3) is 0 Å². The largest absolute Gasteiger partial charge is 0.480 e. The molecule has 0 saturated heterocycles. The average molecular weight is 255 g/mol. The maximum absolute atomic E-state index is 11.5. The van der Waals surface area contributed by atoms with Gasteiger partial charge in [-0.2, -0.15) is 0 Å². The number of hydrogen-bond donors (Lipinski definition) is 3. The van der Waals surface area contributed by atoms with Crippen molar-refractivity contribution in [1.29, 1.82) is 0 Å². The number of carbonyl (C=O) groups is 2. The van der Waals surface area contributed by atoms with Crippen molar-refractivity contribution in [3.05, 3.63) is 11.9 Å². The monoisotopic (exact) mass is 255 g/mol. The van der Waals surface area contributed by atoms with E-state index in [-0.39, 0.29) is 6.54 Å². The van der Waals surface area contributed by atoms with Crippen LogP contribution in [0.4, 0.5) is 4.79 Å². The Hall–Kier alpha value is -2.12. The molecule has 0 bridgehead atoms. The van der Waals surface area contributed by atoms with Crippen molar-refractivity contribution in [2.45, 2.75) is 32.4 Å². The molecule has 0 aromatic carbocycles. The molecule has 1 aromatic heterocycles. The minimum Gasteiger partial charge on any atom is -0.480 e. The smallest absolute Gasteiger partial charge is 0.326 e. The molecular formula is C10H17N5O3. The number of amides is 2. The van der Waals surface area contributed by atoms with Crippen molar-refractivity contribution in [2.75, 3.05) is 0 Å². The van der Waals surface area contributed by atoms with Gasteiger partial charge in [0, 0.05) is 13.2 Å². The van der Waals surface area contributed by atoms with Gasteiger partial charge in [-0.05, 0) is 6.42 Å². The van der Waals surface area contributed by atoms with Crippen LogP contribution in [-0.4, -0.2) is 38.1 Å². The van der Waals surface area contributed by atoms with Gasteiger partial charge in [0.1, 0.15) is 11.7 Å². The van der Waals surface area contributed by atoms with E-state index < -0.39 is 18.0 Å². The Morgan fingerprint density at radius 2 is 2.28 bits per heavy atom. The number of carbonyl (C=O) groups excluding carboxylic acids is 1. The Bertz CT molecular complexity index is 417. The molecule has 1 heterocycles. The SMILES string of the molecule is CCCC(NC(=O)NCc1cn(C)nn1)C(=O)O. The Morgan fingerprint density at radius 1 is 1.56 bits per heavy atom. The topological polar surface area (TPSA) is 109 Å². The molecule has 0 spiro atoms. The zero-order valence-electron chi connectivity index (χ0n) is 10.4. The Balaban J connectivity index is 2.38. The molecule has 1 unspecified atom stereocenters. The summed E-state index contributed by atoms with van der Waals surface area (Å²) in [5, 5.41) is 21.3. The maximum atomic E-state index is 11.5. The standard InChI is InChI=1S/C10H17N5O3/c1-3-4-8(9(16)17)12-10(18)11-5-7-6-15(2)14-13-7/h6,8H,3-5H2,1-2H3,(H,16,17)(H2,11,12,18). The summed E-state index contributed by atoms with van der Waals surface area (Å²) in [5.41, 5.74) is 0.606. The predicted molar refractivity (Wildman–Crippen MR) is 62.7 cm³/mol. The Kier molecular flexibility index (Phi) is 5.09. The Labute approximate surface area is 104 Å². The van der Waals surface area contributed by atoms with E-state index in [4.69, 9.17) is 5.11 Å². The van der Waals surface area contributed by atoms with E-state index in [1.807, 2.05) is 6.92 Å². The number of hydrogen-bond acceptors (Lipinski definition) is 4. The first-order chi connectivity index (χ1) is 8.52. The maximum Gasteiger partial charge on any atom is 0.326 e. The molecule has 3 N–H and O–H groups in total. The van der Waals surface area contributed by atoms with Gasteiger partial charge in [0.2, 0.25) is 0 Å². The van der Waals surface area contributed by atoms with Crippen LogP contribution in [0, 0.1) is 0 Å². The van der Waals surface area contributed by atoms with Gasteiger partial charge in [0.05, 0.1) is 6.54 Å². The quantitative estimate of drug-likeness (QED) is 0.656. The van der Waals surface area contributed by atoms with E-state index in [1.165, 1.54) is 4.68 Å². The fourth-order valence-corrected chi connectivity index (χ4v) is 1.40. The summed E-state index contributed by atoms with van der Waals surface area (Å²) < 4.78 is 1.52. The highest BCUT2D eigenvalue weighted by Crippen LogP contribution is 1.97. The molecule has 1 atom stereocenters. The lowest BCUT2D eigenvalue weighted by Crippen LogP contribution is -2.45. The highest BCUT2D eigenvalue weighted by atomic mass is 16.4. The number of nitrogens with one attached hydrogen (secondary N) is 2. The number of urea groups is 1. The molecule has 1 rings (SSSR count). The van der Waals surface area contributed by atoms with Crippen LogP contribution in [0.15, 0.2) is 6.20 Å². The molecule has 0 saturated carbocycles. The van der Waals surface area contributed by atoms with Crippen molar-refractivity contribution >= 4 is 12.0 Å². The molecule has 0 aliphatic carbocycles. The summed E-state index contributed by atoms with van der Waals surface area (Å²) in [6.07, 6.45) is 2.75.